The lowest BCUT2D eigenvalue weighted by Crippen LogP contribution is -2.08. The molecule has 1 nitrogen and oxygen atoms in total. The van der Waals surface area contributed by atoms with E-state index in [-0.39, 0.29) is 12.1 Å². The summed E-state index contributed by atoms with van der Waals surface area (Å²) in [6.07, 6.45) is -1.77. The van der Waals surface area contributed by atoms with E-state index in [1.165, 1.54) is 18.2 Å². The first kappa shape index (κ1) is 11.7. The number of hydrogen-bond donors (Lipinski definition) is 1. The van der Waals surface area contributed by atoms with Gasteiger partial charge < -0.3 is 5.73 Å². The molecule has 0 spiro atoms. The molecule has 0 unspecified atom stereocenters. The van der Waals surface area contributed by atoms with Gasteiger partial charge in [-0.1, -0.05) is 18.2 Å². The van der Waals surface area contributed by atoms with Gasteiger partial charge in [-0.15, -0.1) is 0 Å². The highest BCUT2D eigenvalue weighted by atomic mass is 19.4. The van der Waals surface area contributed by atoms with E-state index in [2.05, 4.69) is 0 Å². The summed E-state index contributed by atoms with van der Waals surface area (Å²) in [5, 5.41) is 0. The molecule has 0 bridgehead atoms. The van der Waals surface area contributed by atoms with Gasteiger partial charge in [-0.3, -0.25) is 0 Å². The molecule has 2 N–H and O–H groups in total. The van der Waals surface area contributed by atoms with Crippen LogP contribution in [0.3, 0.4) is 0 Å². The van der Waals surface area contributed by atoms with E-state index in [1.807, 2.05) is 0 Å². The zero-order valence-electron chi connectivity index (χ0n) is 7.68. The molecule has 0 saturated heterocycles. The molecule has 15 heavy (non-hydrogen) atoms. The van der Waals surface area contributed by atoms with Gasteiger partial charge in [0.05, 0.1) is 5.56 Å². The Morgan fingerprint density at radius 1 is 1.27 bits per heavy atom. The summed E-state index contributed by atoms with van der Waals surface area (Å²) in [5.74, 6) is -1.27. The van der Waals surface area contributed by atoms with Crippen molar-refractivity contribution in [3.63, 3.8) is 0 Å². The zero-order valence-corrected chi connectivity index (χ0v) is 7.68. The molecule has 0 radical (unpaired) electrons. The second-order valence-corrected chi connectivity index (χ2v) is 2.88. The summed E-state index contributed by atoms with van der Waals surface area (Å²) in [4.78, 5) is 0. The van der Waals surface area contributed by atoms with Crippen LogP contribution in [0.1, 0.15) is 11.1 Å². The summed E-state index contributed by atoms with van der Waals surface area (Å²) in [6.45, 7) is 0.221. The third kappa shape index (κ3) is 3.06. The summed E-state index contributed by atoms with van der Waals surface area (Å²) in [6, 6.07) is 2.80. The molecule has 0 aliphatic rings. The molecule has 0 aromatic heterocycles. The van der Waals surface area contributed by atoms with Gasteiger partial charge in [-0.25, -0.2) is 4.39 Å². The van der Waals surface area contributed by atoms with Gasteiger partial charge >= 0.3 is 6.18 Å². The molecule has 0 heterocycles. The highest BCUT2D eigenvalue weighted by molar-refractivity contribution is 5.51. The Morgan fingerprint density at radius 2 is 1.93 bits per heavy atom. The van der Waals surface area contributed by atoms with Crippen molar-refractivity contribution in [3.8, 4) is 0 Å². The number of hydrogen-bond acceptors (Lipinski definition) is 1. The number of halogens is 4. The van der Waals surface area contributed by atoms with Crippen molar-refractivity contribution in [2.24, 2.45) is 5.73 Å². The first-order chi connectivity index (χ1) is 6.95. The molecule has 1 rings (SSSR count). The van der Waals surface area contributed by atoms with Crippen LogP contribution < -0.4 is 5.73 Å². The number of nitrogens with two attached hydrogens (primary N) is 1. The fourth-order valence-corrected chi connectivity index (χ4v) is 1.07. The first-order valence-electron chi connectivity index (χ1n) is 4.18. The Bertz CT molecular complexity index is 368. The van der Waals surface area contributed by atoms with Crippen LogP contribution in [-0.4, -0.2) is 6.54 Å². The molecule has 1 aromatic rings. The lowest BCUT2D eigenvalue weighted by Gasteiger charge is -2.08. The number of benzene rings is 1. The van der Waals surface area contributed by atoms with E-state index in [1.54, 1.807) is 0 Å². The van der Waals surface area contributed by atoms with Crippen LogP contribution >= 0.6 is 0 Å². The van der Waals surface area contributed by atoms with Gasteiger partial charge in [0.2, 0.25) is 0 Å². The molecule has 0 atom stereocenters. The van der Waals surface area contributed by atoms with Crippen molar-refractivity contribution >= 4 is 6.08 Å². The Labute approximate surface area is 84.2 Å². The van der Waals surface area contributed by atoms with Crippen molar-refractivity contribution in [3.05, 3.63) is 41.2 Å². The molecule has 0 fully saturated rings. The fourth-order valence-electron chi connectivity index (χ4n) is 1.07. The molecular formula is C10H9F4N. The summed E-state index contributed by atoms with van der Waals surface area (Å²) >= 11 is 0. The SMILES string of the molecule is NC/C=C/c1ccc(F)c(C(F)(F)F)c1. The van der Waals surface area contributed by atoms with Crippen LogP contribution in [0.4, 0.5) is 17.6 Å². The van der Waals surface area contributed by atoms with Gasteiger partial charge in [-0.2, -0.15) is 13.2 Å². The first-order valence-corrected chi connectivity index (χ1v) is 4.18. The maximum Gasteiger partial charge on any atom is 0.419 e. The maximum atomic E-state index is 12.8. The molecule has 0 aliphatic carbocycles. The second-order valence-electron chi connectivity index (χ2n) is 2.88. The summed E-state index contributed by atoms with van der Waals surface area (Å²) < 4.78 is 49.6. The van der Waals surface area contributed by atoms with E-state index in [9.17, 15) is 17.6 Å². The fraction of sp³-hybridized carbons (Fsp3) is 0.200. The predicted octanol–water partition coefficient (Wildman–Crippen LogP) is 2.82. The smallest absolute Gasteiger partial charge is 0.327 e. The largest absolute Gasteiger partial charge is 0.419 e. The van der Waals surface area contributed by atoms with Crippen LogP contribution in [0.25, 0.3) is 6.08 Å². The van der Waals surface area contributed by atoms with Gasteiger partial charge in [0.15, 0.2) is 0 Å². The van der Waals surface area contributed by atoms with E-state index in [0.717, 1.165) is 12.1 Å². The number of alkyl halides is 3. The molecule has 0 aliphatic heterocycles. The van der Waals surface area contributed by atoms with Gasteiger partial charge in [-0.05, 0) is 17.7 Å². The molecule has 0 saturated carbocycles. The van der Waals surface area contributed by atoms with Crippen LogP contribution in [0.5, 0.6) is 0 Å². The van der Waals surface area contributed by atoms with Crippen LogP contribution in [-0.2, 0) is 6.18 Å². The van der Waals surface area contributed by atoms with Crippen molar-refractivity contribution in [2.75, 3.05) is 6.54 Å². The van der Waals surface area contributed by atoms with Crippen molar-refractivity contribution in [1.29, 1.82) is 0 Å². The van der Waals surface area contributed by atoms with Crippen LogP contribution in [0.2, 0.25) is 0 Å². The lowest BCUT2D eigenvalue weighted by molar-refractivity contribution is -0.140. The highest BCUT2D eigenvalue weighted by Crippen LogP contribution is 2.32. The van der Waals surface area contributed by atoms with Gasteiger partial charge in [0, 0.05) is 6.54 Å². The van der Waals surface area contributed by atoms with Gasteiger partial charge in [0.1, 0.15) is 5.82 Å². The molecule has 1 aromatic carbocycles. The van der Waals surface area contributed by atoms with Gasteiger partial charge in [0.25, 0.3) is 0 Å². The van der Waals surface area contributed by atoms with E-state index < -0.39 is 17.6 Å². The molecule has 82 valence electrons. The summed E-state index contributed by atoms with van der Waals surface area (Å²) in [5.41, 5.74) is 4.16. The standard InChI is InChI=1S/C10H9F4N/c11-9-4-3-7(2-1-5-15)6-8(9)10(12,13)14/h1-4,6H,5,15H2/b2-1+. The average Bonchev–Trinajstić information content (AvgIpc) is 2.15. The van der Waals surface area contributed by atoms with Crippen molar-refractivity contribution < 1.29 is 17.6 Å². The molecule has 5 heteroatoms. The van der Waals surface area contributed by atoms with E-state index in [4.69, 9.17) is 5.73 Å². The number of rotatable bonds is 2. The Morgan fingerprint density at radius 3 is 2.47 bits per heavy atom. The Kier molecular flexibility index (Phi) is 3.47. The Balaban J connectivity index is 3.11. The molecular weight excluding hydrogens is 210 g/mol. The minimum Gasteiger partial charge on any atom is -0.327 e. The zero-order chi connectivity index (χ0) is 11.5. The third-order valence-corrected chi connectivity index (χ3v) is 1.74. The van der Waals surface area contributed by atoms with Crippen molar-refractivity contribution in [1.82, 2.24) is 0 Å². The second kappa shape index (κ2) is 4.44. The summed E-state index contributed by atoms with van der Waals surface area (Å²) in [7, 11) is 0. The monoisotopic (exact) mass is 219 g/mol. The lowest BCUT2D eigenvalue weighted by atomic mass is 10.1. The van der Waals surface area contributed by atoms with Crippen LogP contribution in [0.15, 0.2) is 24.3 Å². The minimum atomic E-state index is -4.67. The van der Waals surface area contributed by atoms with Crippen LogP contribution in [0, 0.1) is 5.82 Å². The van der Waals surface area contributed by atoms with Crippen molar-refractivity contribution in [2.45, 2.75) is 6.18 Å². The highest BCUT2D eigenvalue weighted by Gasteiger charge is 2.33. The normalized spacial score (nSPS) is 12.3. The van der Waals surface area contributed by atoms with E-state index in [0.29, 0.717) is 0 Å². The average molecular weight is 219 g/mol. The quantitative estimate of drug-likeness (QED) is 0.760. The topological polar surface area (TPSA) is 26.0 Å². The van der Waals surface area contributed by atoms with E-state index >= 15 is 0 Å². The third-order valence-electron chi connectivity index (χ3n) is 1.74. The Hall–Kier alpha value is -1.36. The maximum absolute atomic E-state index is 12.8. The predicted molar refractivity (Wildman–Crippen MR) is 49.5 cm³/mol. The molecule has 0 amide bonds. The minimum absolute atomic E-state index is 0.221.